The van der Waals surface area contributed by atoms with Crippen molar-refractivity contribution < 1.29 is 5.11 Å². The first-order valence-corrected chi connectivity index (χ1v) is 8.31. The number of amidine groups is 1. The molecule has 25 heavy (non-hydrogen) atoms. The Morgan fingerprint density at radius 3 is 2.76 bits per heavy atom. The van der Waals surface area contributed by atoms with Crippen LogP contribution in [-0.4, -0.2) is 27.0 Å². The summed E-state index contributed by atoms with van der Waals surface area (Å²) in [4.78, 5) is 6.38. The molecule has 6 heteroatoms. The Bertz CT molecular complexity index is 1050. The van der Waals surface area contributed by atoms with Gasteiger partial charge in [-0.15, -0.1) is 0 Å². The Kier molecular flexibility index (Phi) is 3.54. The number of aliphatic hydroxyl groups excluding tert-OH is 1. The fourth-order valence-electron chi connectivity index (χ4n) is 3.21. The van der Waals surface area contributed by atoms with E-state index >= 15 is 0 Å². The number of hydrogen-bond acceptors (Lipinski definition) is 3. The molecular formula is C19H17ClN4O. The van der Waals surface area contributed by atoms with Gasteiger partial charge < -0.3 is 14.6 Å². The highest BCUT2D eigenvalue weighted by molar-refractivity contribution is 6.32. The van der Waals surface area contributed by atoms with Gasteiger partial charge in [0.25, 0.3) is 0 Å². The molecule has 1 aliphatic heterocycles. The molecule has 4 rings (SSSR count). The number of aryl methyl sites for hydroxylation is 2. The minimum atomic E-state index is 0.139. The van der Waals surface area contributed by atoms with Crippen LogP contribution in [0, 0.1) is 12.3 Å². The Balaban J connectivity index is 1.79. The van der Waals surface area contributed by atoms with E-state index in [0.29, 0.717) is 16.4 Å². The summed E-state index contributed by atoms with van der Waals surface area (Å²) < 4.78 is 1.91. The average Bonchev–Trinajstić information content (AvgIpc) is 3.04. The quantitative estimate of drug-likeness (QED) is 0.722. The Morgan fingerprint density at radius 2 is 2.00 bits per heavy atom. The van der Waals surface area contributed by atoms with Crippen LogP contribution in [0.3, 0.4) is 0 Å². The molecule has 0 amide bonds. The van der Waals surface area contributed by atoms with Gasteiger partial charge in [-0.3, -0.25) is 5.41 Å². The van der Waals surface area contributed by atoms with Crippen molar-refractivity contribution in [2.45, 2.75) is 6.92 Å². The average molecular weight is 353 g/mol. The molecule has 2 N–H and O–H groups in total. The molecule has 1 aliphatic rings. The van der Waals surface area contributed by atoms with Crippen molar-refractivity contribution in [2.24, 2.45) is 7.05 Å². The second-order valence-corrected chi connectivity index (χ2v) is 6.66. The number of nitrogens with zero attached hydrogens (tertiary/aromatic N) is 3. The SMILES string of the molecule is Cc1ccc2c(c1)nc(C1=C(O)CN(c3cccc(Cl)c3)C1=N)n2C. The van der Waals surface area contributed by atoms with Gasteiger partial charge in [0, 0.05) is 17.8 Å². The lowest BCUT2D eigenvalue weighted by Gasteiger charge is -2.19. The lowest BCUT2D eigenvalue weighted by Crippen LogP contribution is -2.26. The molecule has 0 spiro atoms. The topological polar surface area (TPSA) is 65.1 Å². The summed E-state index contributed by atoms with van der Waals surface area (Å²) >= 11 is 6.06. The van der Waals surface area contributed by atoms with Crippen LogP contribution >= 0.6 is 11.6 Å². The number of aliphatic hydroxyl groups is 1. The van der Waals surface area contributed by atoms with Crippen LogP contribution in [0.15, 0.2) is 48.2 Å². The predicted octanol–water partition coefficient (Wildman–Crippen LogP) is 4.30. The second-order valence-electron chi connectivity index (χ2n) is 6.22. The molecule has 3 aromatic rings. The molecule has 0 saturated carbocycles. The lowest BCUT2D eigenvalue weighted by atomic mass is 10.2. The summed E-state index contributed by atoms with van der Waals surface area (Å²) in [6.07, 6.45) is 0. The van der Waals surface area contributed by atoms with E-state index in [0.717, 1.165) is 22.3 Å². The maximum atomic E-state index is 10.5. The van der Waals surface area contributed by atoms with Gasteiger partial charge in [0.05, 0.1) is 23.2 Å². The fourth-order valence-corrected chi connectivity index (χ4v) is 3.40. The first-order valence-electron chi connectivity index (χ1n) is 7.93. The number of aromatic nitrogens is 2. The zero-order valence-electron chi connectivity index (χ0n) is 13.9. The van der Waals surface area contributed by atoms with Gasteiger partial charge in [-0.1, -0.05) is 23.7 Å². The van der Waals surface area contributed by atoms with Crippen LogP contribution in [0.25, 0.3) is 16.6 Å². The molecule has 0 bridgehead atoms. The normalized spacial score (nSPS) is 14.8. The van der Waals surface area contributed by atoms with E-state index in [1.807, 2.05) is 48.9 Å². The Hall–Kier alpha value is -2.79. The van der Waals surface area contributed by atoms with E-state index in [4.69, 9.17) is 17.0 Å². The molecule has 0 aliphatic carbocycles. The number of nitrogens with one attached hydrogen (secondary N) is 1. The summed E-state index contributed by atoms with van der Waals surface area (Å²) in [7, 11) is 1.90. The van der Waals surface area contributed by atoms with Crippen molar-refractivity contribution in [1.82, 2.24) is 9.55 Å². The van der Waals surface area contributed by atoms with Crippen molar-refractivity contribution in [2.75, 3.05) is 11.4 Å². The minimum absolute atomic E-state index is 0.139. The van der Waals surface area contributed by atoms with Crippen LogP contribution in [0.5, 0.6) is 0 Å². The van der Waals surface area contributed by atoms with Gasteiger partial charge in [0.2, 0.25) is 0 Å². The first-order chi connectivity index (χ1) is 12.0. The summed E-state index contributed by atoms with van der Waals surface area (Å²) in [6.45, 7) is 2.25. The molecule has 1 aromatic heterocycles. The minimum Gasteiger partial charge on any atom is -0.509 e. The van der Waals surface area contributed by atoms with Crippen LogP contribution in [0.1, 0.15) is 11.4 Å². The van der Waals surface area contributed by atoms with Gasteiger partial charge in [0.1, 0.15) is 17.4 Å². The number of rotatable bonds is 2. The third-order valence-corrected chi connectivity index (χ3v) is 4.72. The number of fused-ring (bicyclic) bond motifs is 1. The zero-order valence-corrected chi connectivity index (χ0v) is 14.7. The van der Waals surface area contributed by atoms with Crippen molar-refractivity contribution >= 4 is 39.7 Å². The van der Waals surface area contributed by atoms with Crippen LogP contribution in [0.2, 0.25) is 5.02 Å². The molecule has 0 atom stereocenters. The number of benzene rings is 2. The van der Waals surface area contributed by atoms with E-state index in [-0.39, 0.29) is 18.1 Å². The molecular weight excluding hydrogens is 336 g/mol. The second kappa shape index (κ2) is 5.63. The molecule has 0 unspecified atom stereocenters. The van der Waals surface area contributed by atoms with Crippen molar-refractivity contribution in [1.29, 1.82) is 5.41 Å². The third-order valence-electron chi connectivity index (χ3n) is 4.48. The highest BCUT2D eigenvalue weighted by Crippen LogP contribution is 2.32. The van der Waals surface area contributed by atoms with Crippen LogP contribution < -0.4 is 4.90 Å². The van der Waals surface area contributed by atoms with E-state index < -0.39 is 0 Å². The zero-order chi connectivity index (χ0) is 17.7. The van der Waals surface area contributed by atoms with Gasteiger partial charge in [-0.2, -0.15) is 0 Å². The summed E-state index contributed by atoms with van der Waals surface area (Å²) in [5.41, 5.74) is 4.17. The molecule has 0 saturated heterocycles. The number of halogens is 1. The summed E-state index contributed by atoms with van der Waals surface area (Å²) in [6, 6.07) is 13.3. The third kappa shape index (κ3) is 2.48. The molecule has 0 radical (unpaired) electrons. The number of imidazole rings is 1. The molecule has 126 valence electrons. The predicted molar refractivity (Wildman–Crippen MR) is 102 cm³/mol. The summed E-state index contributed by atoms with van der Waals surface area (Å²) in [5, 5.41) is 19.7. The van der Waals surface area contributed by atoms with Gasteiger partial charge >= 0.3 is 0 Å². The smallest absolute Gasteiger partial charge is 0.148 e. The van der Waals surface area contributed by atoms with Gasteiger partial charge in [-0.25, -0.2) is 4.98 Å². The van der Waals surface area contributed by atoms with E-state index in [1.165, 1.54) is 0 Å². The van der Waals surface area contributed by atoms with E-state index in [1.54, 1.807) is 17.0 Å². The molecule has 2 aromatic carbocycles. The van der Waals surface area contributed by atoms with Crippen molar-refractivity contribution in [3.63, 3.8) is 0 Å². The Labute approximate surface area is 150 Å². The van der Waals surface area contributed by atoms with Gasteiger partial charge in [-0.05, 0) is 42.8 Å². The fraction of sp³-hybridized carbons (Fsp3) is 0.158. The Morgan fingerprint density at radius 1 is 1.20 bits per heavy atom. The van der Waals surface area contributed by atoms with Crippen LogP contribution in [0.4, 0.5) is 5.69 Å². The standard InChI is InChI=1S/C19H17ClN4O/c1-11-6-7-15-14(8-11)22-19(23(15)2)17-16(25)10-24(18(17)21)13-5-3-4-12(20)9-13/h3-9,21,25H,10H2,1-2H3. The highest BCUT2D eigenvalue weighted by Gasteiger charge is 2.32. The number of anilines is 1. The molecule has 0 fully saturated rings. The molecule has 2 heterocycles. The number of hydrogen-bond donors (Lipinski definition) is 2. The van der Waals surface area contributed by atoms with Gasteiger partial charge in [0.15, 0.2) is 0 Å². The first kappa shape index (κ1) is 15.7. The van der Waals surface area contributed by atoms with E-state index in [9.17, 15) is 5.11 Å². The van der Waals surface area contributed by atoms with Crippen molar-refractivity contribution in [3.05, 3.63) is 64.6 Å². The van der Waals surface area contributed by atoms with Crippen LogP contribution in [-0.2, 0) is 7.05 Å². The monoisotopic (exact) mass is 352 g/mol. The maximum absolute atomic E-state index is 10.5. The molecule has 5 nitrogen and oxygen atoms in total. The highest BCUT2D eigenvalue weighted by atomic mass is 35.5. The van der Waals surface area contributed by atoms with Crippen molar-refractivity contribution in [3.8, 4) is 0 Å². The largest absolute Gasteiger partial charge is 0.509 e. The summed E-state index contributed by atoms with van der Waals surface area (Å²) in [5.74, 6) is 0.947. The van der Waals surface area contributed by atoms with E-state index in [2.05, 4.69) is 4.98 Å². The maximum Gasteiger partial charge on any atom is 0.148 e. The lowest BCUT2D eigenvalue weighted by molar-refractivity contribution is 0.411.